The largest absolute Gasteiger partial charge is 0.573 e. The Kier molecular flexibility index (Phi) is 6.77. The van der Waals surface area contributed by atoms with E-state index in [1.54, 1.807) is 24.3 Å². The second kappa shape index (κ2) is 10.0. The first-order valence-electron chi connectivity index (χ1n) is 12.5. The maximum atomic E-state index is 12.6. The van der Waals surface area contributed by atoms with Crippen molar-refractivity contribution < 1.29 is 27.8 Å². The number of nitrogens with one attached hydrogen (secondary N) is 1. The van der Waals surface area contributed by atoms with Crippen LogP contribution in [0.1, 0.15) is 49.5 Å². The molecule has 5 rings (SSSR count). The Hall–Kier alpha value is -4.01. The van der Waals surface area contributed by atoms with E-state index in [1.165, 1.54) is 30.7 Å². The molecular formula is C29H28F3N3O3. The fourth-order valence-corrected chi connectivity index (χ4v) is 5.53. The van der Waals surface area contributed by atoms with E-state index in [0.717, 1.165) is 35.0 Å². The molecule has 0 spiro atoms. The number of nitrogens with zero attached hydrogens (tertiary/aromatic N) is 2. The summed E-state index contributed by atoms with van der Waals surface area (Å²) in [5.41, 5.74) is 4.33. The number of hydrogen-bond acceptors (Lipinski definition) is 4. The van der Waals surface area contributed by atoms with Crippen LogP contribution >= 0.6 is 0 Å². The van der Waals surface area contributed by atoms with Gasteiger partial charge < -0.3 is 19.7 Å². The highest BCUT2D eigenvalue weighted by molar-refractivity contribution is 5.89. The average molecular weight is 524 g/mol. The summed E-state index contributed by atoms with van der Waals surface area (Å²) in [4.78, 5) is 16.1. The standard InChI is InChI=1S/C29H28F3N3O3/c1-17-13-18(2)15-23(14-17)35-26-12-7-21(19-3-5-20(6-4-19)27(36)37)16-25(26)34-28(35)33-22-8-10-24(11-9-22)38-29(30,31)32/h3-12,16-18,23H,13-15H2,1-2H3,(H,33,34)(H,36,37). The van der Waals surface area contributed by atoms with Crippen molar-refractivity contribution in [3.8, 4) is 16.9 Å². The van der Waals surface area contributed by atoms with Gasteiger partial charge in [-0.25, -0.2) is 9.78 Å². The van der Waals surface area contributed by atoms with E-state index in [-0.39, 0.29) is 17.4 Å². The van der Waals surface area contributed by atoms with Crippen LogP contribution in [-0.4, -0.2) is 27.0 Å². The Morgan fingerprint density at radius 1 is 0.947 bits per heavy atom. The van der Waals surface area contributed by atoms with Crippen LogP contribution in [0.2, 0.25) is 0 Å². The van der Waals surface area contributed by atoms with E-state index in [9.17, 15) is 23.1 Å². The van der Waals surface area contributed by atoms with Gasteiger partial charge in [-0.1, -0.05) is 32.0 Å². The highest BCUT2D eigenvalue weighted by Crippen LogP contribution is 2.40. The van der Waals surface area contributed by atoms with Crippen molar-refractivity contribution in [3.63, 3.8) is 0 Å². The lowest BCUT2D eigenvalue weighted by Gasteiger charge is -2.33. The molecule has 1 aromatic heterocycles. The smallest absolute Gasteiger partial charge is 0.478 e. The lowest BCUT2D eigenvalue weighted by Crippen LogP contribution is -2.23. The minimum atomic E-state index is -4.75. The van der Waals surface area contributed by atoms with Gasteiger partial charge in [0.05, 0.1) is 16.6 Å². The first-order chi connectivity index (χ1) is 18.1. The van der Waals surface area contributed by atoms with Gasteiger partial charge in [-0.2, -0.15) is 0 Å². The predicted octanol–water partition coefficient (Wildman–Crippen LogP) is 8.04. The molecule has 0 radical (unpaired) electrons. The Labute approximate surface area is 218 Å². The maximum absolute atomic E-state index is 12.6. The number of halogens is 3. The van der Waals surface area contributed by atoms with Gasteiger partial charge in [0.2, 0.25) is 5.95 Å². The van der Waals surface area contributed by atoms with Gasteiger partial charge in [0, 0.05) is 11.7 Å². The highest BCUT2D eigenvalue weighted by Gasteiger charge is 2.31. The van der Waals surface area contributed by atoms with Crippen LogP contribution in [0.5, 0.6) is 5.75 Å². The number of imidazole rings is 1. The summed E-state index contributed by atoms with van der Waals surface area (Å²) < 4.78 is 43.9. The number of alkyl halides is 3. The predicted molar refractivity (Wildman–Crippen MR) is 140 cm³/mol. The molecule has 9 heteroatoms. The fourth-order valence-electron chi connectivity index (χ4n) is 5.53. The summed E-state index contributed by atoms with van der Waals surface area (Å²) in [6.45, 7) is 4.51. The number of carboxylic acid groups (broad SMARTS) is 1. The molecule has 1 aliphatic rings. The molecule has 2 atom stereocenters. The van der Waals surface area contributed by atoms with Crippen molar-refractivity contribution in [3.05, 3.63) is 72.3 Å². The zero-order valence-corrected chi connectivity index (χ0v) is 21.0. The van der Waals surface area contributed by atoms with Crippen LogP contribution in [0.4, 0.5) is 24.8 Å². The number of fused-ring (bicyclic) bond motifs is 1. The van der Waals surface area contributed by atoms with Crippen molar-refractivity contribution >= 4 is 28.6 Å². The lowest BCUT2D eigenvalue weighted by molar-refractivity contribution is -0.274. The molecular weight excluding hydrogens is 495 g/mol. The number of aromatic nitrogens is 2. The van der Waals surface area contributed by atoms with Gasteiger partial charge in [-0.15, -0.1) is 13.2 Å². The Balaban J connectivity index is 1.52. The molecule has 198 valence electrons. The number of rotatable bonds is 6. The summed E-state index contributed by atoms with van der Waals surface area (Å²) in [5, 5.41) is 12.5. The summed E-state index contributed by atoms with van der Waals surface area (Å²) >= 11 is 0. The number of carboxylic acids is 1. The molecule has 1 saturated carbocycles. The fraction of sp³-hybridized carbons (Fsp3) is 0.310. The molecule has 2 unspecified atom stereocenters. The topological polar surface area (TPSA) is 76.4 Å². The zero-order valence-electron chi connectivity index (χ0n) is 21.0. The SMILES string of the molecule is CC1CC(C)CC(n2c(Nc3ccc(OC(F)(F)F)cc3)nc3cc(-c4ccc(C(=O)O)cc4)ccc32)C1. The molecule has 0 amide bonds. The molecule has 2 N–H and O–H groups in total. The lowest BCUT2D eigenvalue weighted by atomic mass is 9.80. The van der Waals surface area contributed by atoms with E-state index in [4.69, 9.17) is 4.98 Å². The number of hydrogen-bond donors (Lipinski definition) is 2. The van der Waals surface area contributed by atoms with Crippen molar-refractivity contribution in [1.29, 1.82) is 0 Å². The third-order valence-corrected chi connectivity index (χ3v) is 7.02. The Morgan fingerprint density at radius 3 is 2.18 bits per heavy atom. The number of anilines is 2. The van der Waals surface area contributed by atoms with E-state index < -0.39 is 12.3 Å². The normalized spacial score (nSPS) is 19.9. The first kappa shape index (κ1) is 25.6. The second-order valence-corrected chi connectivity index (χ2v) is 10.2. The molecule has 3 aromatic carbocycles. The monoisotopic (exact) mass is 523 g/mol. The molecule has 0 saturated heterocycles. The van der Waals surface area contributed by atoms with Crippen LogP contribution in [0, 0.1) is 11.8 Å². The van der Waals surface area contributed by atoms with Gasteiger partial charge >= 0.3 is 12.3 Å². The summed E-state index contributed by atoms with van der Waals surface area (Å²) in [6.07, 6.45) is -1.57. The number of benzene rings is 3. The van der Waals surface area contributed by atoms with Crippen molar-refractivity contribution in [1.82, 2.24) is 9.55 Å². The Morgan fingerprint density at radius 2 is 1.58 bits per heavy atom. The van der Waals surface area contributed by atoms with Gasteiger partial charge in [-0.05, 0) is 90.8 Å². The van der Waals surface area contributed by atoms with Crippen LogP contribution in [0.25, 0.3) is 22.2 Å². The van der Waals surface area contributed by atoms with Gasteiger partial charge in [0.25, 0.3) is 0 Å². The van der Waals surface area contributed by atoms with Crippen molar-refractivity contribution in [2.75, 3.05) is 5.32 Å². The van der Waals surface area contributed by atoms with Gasteiger partial charge in [0.15, 0.2) is 0 Å². The maximum Gasteiger partial charge on any atom is 0.573 e. The van der Waals surface area contributed by atoms with Crippen molar-refractivity contribution in [2.45, 2.75) is 45.5 Å². The van der Waals surface area contributed by atoms with E-state index in [2.05, 4.69) is 28.5 Å². The third kappa shape index (κ3) is 5.61. The Bertz CT molecular complexity index is 1440. The van der Waals surface area contributed by atoms with E-state index >= 15 is 0 Å². The summed E-state index contributed by atoms with van der Waals surface area (Å²) in [6, 6.07) is 18.5. The quantitative estimate of drug-likeness (QED) is 0.267. The molecule has 6 nitrogen and oxygen atoms in total. The first-order valence-corrected chi connectivity index (χ1v) is 12.5. The summed E-state index contributed by atoms with van der Waals surface area (Å²) in [5.74, 6) is 0.467. The average Bonchev–Trinajstić information content (AvgIpc) is 3.21. The number of aromatic carboxylic acids is 1. The molecule has 1 fully saturated rings. The molecule has 0 aliphatic heterocycles. The number of carbonyl (C=O) groups is 1. The molecule has 1 aliphatic carbocycles. The van der Waals surface area contributed by atoms with E-state index in [1.807, 2.05) is 18.2 Å². The molecule has 1 heterocycles. The number of ether oxygens (including phenoxy) is 1. The highest BCUT2D eigenvalue weighted by atomic mass is 19.4. The van der Waals surface area contributed by atoms with Crippen LogP contribution < -0.4 is 10.1 Å². The van der Waals surface area contributed by atoms with Crippen molar-refractivity contribution in [2.24, 2.45) is 11.8 Å². The molecule has 0 bridgehead atoms. The molecule has 38 heavy (non-hydrogen) atoms. The van der Waals surface area contributed by atoms with Crippen LogP contribution in [-0.2, 0) is 0 Å². The summed E-state index contributed by atoms with van der Waals surface area (Å²) in [7, 11) is 0. The third-order valence-electron chi connectivity index (χ3n) is 7.02. The van der Waals surface area contributed by atoms with E-state index in [0.29, 0.717) is 23.5 Å². The van der Waals surface area contributed by atoms with Crippen LogP contribution in [0.3, 0.4) is 0 Å². The minimum absolute atomic E-state index is 0.217. The zero-order chi connectivity index (χ0) is 27.0. The van der Waals surface area contributed by atoms with Crippen LogP contribution in [0.15, 0.2) is 66.7 Å². The minimum Gasteiger partial charge on any atom is -0.478 e. The van der Waals surface area contributed by atoms with Gasteiger partial charge in [-0.3, -0.25) is 0 Å². The molecule has 4 aromatic rings. The van der Waals surface area contributed by atoms with Gasteiger partial charge in [0.1, 0.15) is 5.75 Å². The second-order valence-electron chi connectivity index (χ2n) is 10.2.